The lowest BCUT2D eigenvalue weighted by molar-refractivity contribution is -0.137. The fourth-order valence-corrected chi connectivity index (χ4v) is 3.20. The molecule has 1 aromatic heterocycles. The van der Waals surface area contributed by atoms with Crippen LogP contribution >= 0.6 is 0 Å². The first-order chi connectivity index (χ1) is 13.1. The van der Waals surface area contributed by atoms with Gasteiger partial charge in [-0.3, -0.25) is 4.79 Å². The van der Waals surface area contributed by atoms with Crippen molar-refractivity contribution >= 4 is 11.6 Å². The Morgan fingerprint density at radius 1 is 1.04 bits per heavy atom. The van der Waals surface area contributed by atoms with Gasteiger partial charge in [0, 0.05) is 17.1 Å². The number of aromatic nitrogens is 1. The highest BCUT2D eigenvalue weighted by Crippen LogP contribution is 2.35. The Kier molecular flexibility index (Phi) is 4.93. The lowest BCUT2D eigenvalue weighted by Gasteiger charge is -2.16. The van der Waals surface area contributed by atoms with E-state index in [0.29, 0.717) is 22.6 Å². The molecule has 3 aromatic rings. The number of hydrogen-bond donors (Lipinski definition) is 2. The molecular weight excluding hydrogens is 369 g/mol. The van der Waals surface area contributed by atoms with E-state index >= 15 is 0 Å². The number of alkyl halides is 3. The smallest absolute Gasteiger partial charge is 0.418 e. The van der Waals surface area contributed by atoms with Crippen LogP contribution in [0.5, 0.6) is 5.75 Å². The van der Waals surface area contributed by atoms with Gasteiger partial charge in [0.25, 0.3) is 5.91 Å². The predicted molar refractivity (Wildman–Crippen MR) is 101 cm³/mol. The first-order valence-corrected chi connectivity index (χ1v) is 8.56. The van der Waals surface area contributed by atoms with Gasteiger partial charge >= 0.3 is 6.18 Å². The van der Waals surface area contributed by atoms with Gasteiger partial charge in [-0.1, -0.05) is 12.1 Å². The van der Waals surface area contributed by atoms with Gasteiger partial charge in [0.1, 0.15) is 5.75 Å². The molecule has 2 N–H and O–H groups in total. The zero-order valence-corrected chi connectivity index (χ0v) is 15.6. The molecule has 0 atom stereocenters. The SMILES string of the molecule is Cc1cc(NC(=O)c2cc(C)n(-c3ccccc3C(F)(F)F)c2C)ccc1O. The number of nitrogens with one attached hydrogen (secondary N) is 1. The largest absolute Gasteiger partial charge is 0.508 e. The minimum Gasteiger partial charge on any atom is -0.508 e. The third kappa shape index (κ3) is 3.60. The number of carbonyl (C=O) groups is 1. The van der Waals surface area contributed by atoms with Gasteiger partial charge in [0.2, 0.25) is 0 Å². The second-order valence-corrected chi connectivity index (χ2v) is 6.59. The van der Waals surface area contributed by atoms with E-state index in [1.54, 1.807) is 39.0 Å². The topological polar surface area (TPSA) is 54.3 Å². The van der Waals surface area contributed by atoms with Crippen LogP contribution in [0.1, 0.15) is 32.9 Å². The Hall–Kier alpha value is -3.22. The summed E-state index contributed by atoms with van der Waals surface area (Å²) in [6.45, 7) is 4.96. The maximum absolute atomic E-state index is 13.4. The summed E-state index contributed by atoms with van der Waals surface area (Å²) in [4.78, 5) is 12.7. The first kappa shape index (κ1) is 19.5. The van der Waals surface area contributed by atoms with E-state index in [2.05, 4.69) is 5.32 Å². The highest BCUT2D eigenvalue weighted by molar-refractivity contribution is 6.05. The number of rotatable bonds is 3. The van der Waals surface area contributed by atoms with Crippen molar-refractivity contribution in [1.29, 1.82) is 0 Å². The number of phenols is 1. The molecule has 0 saturated heterocycles. The lowest BCUT2D eigenvalue weighted by atomic mass is 10.1. The number of aryl methyl sites for hydroxylation is 2. The second kappa shape index (κ2) is 7.07. The quantitative estimate of drug-likeness (QED) is 0.592. The van der Waals surface area contributed by atoms with Gasteiger partial charge in [0.05, 0.1) is 16.8 Å². The van der Waals surface area contributed by atoms with E-state index in [-0.39, 0.29) is 17.0 Å². The number of phenolic OH excluding ortho intramolecular Hbond substituents is 1. The highest BCUT2D eigenvalue weighted by atomic mass is 19.4. The minimum atomic E-state index is -4.51. The Labute approximate surface area is 160 Å². The maximum atomic E-state index is 13.4. The van der Waals surface area contributed by atoms with Crippen LogP contribution in [-0.2, 0) is 6.18 Å². The standard InChI is InChI=1S/C21H19F3N2O2/c1-12-10-15(8-9-19(12)27)25-20(28)16-11-13(2)26(14(16)3)18-7-5-4-6-17(18)21(22,23)24/h4-11,27H,1-3H3,(H,25,28). The van der Waals surface area contributed by atoms with E-state index < -0.39 is 17.6 Å². The first-order valence-electron chi connectivity index (χ1n) is 8.56. The summed E-state index contributed by atoms with van der Waals surface area (Å²) in [6, 6.07) is 11.5. The van der Waals surface area contributed by atoms with Crippen LogP contribution < -0.4 is 5.32 Å². The molecule has 0 fully saturated rings. The zero-order valence-electron chi connectivity index (χ0n) is 15.6. The van der Waals surface area contributed by atoms with Gasteiger partial charge in [0.15, 0.2) is 0 Å². The summed E-state index contributed by atoms with van der Waals surface area (Å²) in [5, 5.41) is 12.3. The minimum absolute atomic E-state index is 0.0236. The van der Waals surface area contributed by atoms with Gasteiger partial charge in [-0.2, -0.15) is 13.2 Å². The average Bonchev–Trinajstić information content (AvgIpc) is 2.92. The number of para-hydroxylation sites is 1. The average molecular weight is 388 g/mol. The summed E-state index contributed by atoms with van der Waals surface area (Å²) in [6.07, 6.45) is -4.51. The third-order valence-corrected chi connectivity index (χ3v) is 4.58. The number of nitrogens with zero attached hydrogens (tertiary/aromatic N) is 1. The number of amides is 1. The molecule has 0 aliphatic carbocycles. The second-order valence-electron chi connectivity index (χ2n) is 6.59. The molecule has 0 saturated carbocycles. The molecule has 1 amide bonds. The summed E-state index contributed by atoms with van der Waals surface area (Å²) >= 11 is 0. The van der Waals surface area contributed by atoms with Gasteiger partial charge in [-0.15, -0.1) is 0 Å². The maximum Gasteiger partial charge on any atom is 0.418 e. The summed E-state index contributed by atoms with van der Waals surface area (Å²) < 4.78 is 41.7. The van der Waals surface area contributed by atoms with E-state index in [0.717, 1.165) is 6.07 Å². The molecule has 146 valence electrons. The Morgan fingerprint density at radius 3 is 2.36 bits per heavy atom. The molecule has 3 rings (SSSR count). The van der Waals surface area contributed by atoms with Gasteiger partial charge < -0.3 is 15.0 Å². The van der Waals surface area contributed by atoms with Crippen LogP contribution in [-0.4, -0.2) is 15.6 Å². The van der Waals surface area contributed by atoms with Crippen LogP contribution in [0.4, 0.5) is 18.9 Å². The molecular formula is C21H19F3N2O2. The van der Waals surface area contributed by atoms with Crippen LogP contribution in [0, 0.1) is 20.8 Å². The van der Waals surface area contributed by atoms with Crippen LogP contribution in [0.2, 0.25) is 0 Å². The monoisotopic (exact) mass is 388 g/mol. The van der Waals surface area contributed by atoms with Crippen LogP contribution in [0.15, 0.2) is 48.5 Å². The normalized spacial score (nSPS) is 11.5. The molecule has 28 heavy (non-hydrogen) atoms. The van der Waals surface area contributed by atoms with E-state index in [4.69, 9.17) is 0 Å². The van der Waals surface area contributed by atoms with E-state index in [1.807, 2.05) is 0 Å². The van der Waals surface area contributed by atoms with Crippen molar-refractivity contribution in [2.24, 2.45) is 0 Å². The van der Waals surface area contributed by atoms with Gasteiger partial charge in [-0.25, -0.2) is 0 Å². The molecule has 1 heterocycles. The van der Waals surface area contributed by atoms with Gasteiger partial charge in [-0.05, 0) is 62.7 Å². The van der Waals surface area contributed by atoms with E-state index in [9.17, 15) is 23.1 Å². The third-order valence-electron chi connectivity index (χ3n) is 4.58. The molecule has 0 bridgehead atoms. The molecule has 2 aromatic carbocycles. The number of carbonyl (C=O) groups excluding carboxylic acids is 1. The van der Waals surface area contributed by atoms with Crippen LogP contribution in [0.25, 0.3) is 5.69 Å². The van der Waals surface area contributed by atoms with Crippen LogP contribution in [0.3, 0.4) is 0 Å². The van der Waals surface area contributed by atoms with Crippen molar-refractivity contribution in [3.05, 3.63) is 76.6 Å². The number of anilines is 1. The number of aromatic hydroxyl groups is 1. The van der Waals surface area contributed by atoms with Crippen molar-refractivity contribution < 1.29 is 23.1 Å². The fourth-order valence-electron chi connectivity index (χ4n) is 3.20. The number of benzene rings is 2. The molecule has 0 spiro atoms. The van der Waals surface area contributed by atoms with Crippen molar-refractivity contribution in [3.63, 3.8) is 0 Å². The molecule has 0 aliphatic rings. The molecule has 0 unspecified atom stereocenters. The molecule has 0 radical (unpaired) electrons. The molecule has 7 heteroatoms. The Balaban J connectivity index is 2.01. The van der Waals surface area contributed by atoms with E-state index in [1.165, 1.54) is 28.8 Å². The molecule has 4 nitrogen and oxygen atoms in total. The molecule has 0 aliphatic heterocycles. The van der Waals surface area contributed by atoms with Crippen molar-refractivity contribution in [2.45, 2.75) is 26.9 Å². The summed E-state index contributed by atoms with van der Waals surface area (Å²) in [5.74, 6) is -0.325. The Morgan fingerprint density at radius 2 is 1.71 bits per heavy atom. The predicted octanol–water partition coefficient (Wildman–Crippen LogP) is 5.38. The highest BCUT2D eigenvalue weighted by Gasteiger charge is 2.34. The summed E-state index contributed by atoms with van der Waals surface area (Å²) in [7, 11) is 0. The number of hydrogen-bond acceptors (Lipinski definition) is 2. The lowest BCUT2D eigenvalue weighted by Crippen LogP contribution is -2.15. The zero-order chi connectivity index (χ0) is 20.6. The Bertz CT molecular complexity index is 1050. The number of halogens is 3. The summed E-state index contributed by atoms with van der Waals surface area (Å²) in [5.41, 5.74) is 1.49. The van der Waals surface area contributed by atoms with Crippen molar-refractivity contribution in [1.82, 2.24) is 4.57 Å². The fraction of sp³-hybridized carbons (Fsp3) is 0.190. The van der Waals surface area contributed by atoms with Crippen molar-refractivity contribution in [3.8, 4) is 11.4 Å². The van der Waals surface area contributed by atoms with Crippen molar-refractivity contribution in [2.75, 3.05) is 5.32 Å².